The maximum Gasteiger partial charge on any atom is 0.308 e. The average molecular weight is 463 g/mol. The second-order valence-corrected chi connectivity index (χ2v) is 8.76. The number of hydrogen-bond acceptors (Lipinski definition) is 7. The number of nitrogens with one attached hydrogen (secondary N) is 1. The van der Waals surface area contributed by atoms with Crippen LogP contribution in [0.1, 0.15) is 17.3 Å². The van der Waals surface area contributed by atoms with E-state index >= 15 is 0 Å². The number of para-hydroxylation sites is 1. The number of hydrogen-bond donors (Lipinski definition) is 1. The highest BCUT2D eigenvalue weighted by Crippen LogP contribution is 2.28. The summed E-state index contributed by atoms with van der Waals surface area (Å²) in [7, 11) is -4.19. The number of carbonyl (C=O) groups is 3. The first-order valence-corrected chi connectivity index (χ1v) is 11.1. The molecule has 0 spiro atoms. The van der Waals surface area contributed by atoms with Crippen molar-refractivity contribution in [2.24, 2.45) is 0 Å². The number of carbonyl (C=O) groups excluding carboxylic acids is 3. The number of rotatable bonds is 6. The number of ketones is 1. The molecule has 0 fully saturated rings. The smallest absolute Gasteiger partial charge is 0.308 e. The second-order valence-electron chi connectivity index (χ2n) is 6.95. The molecule has 0 saturated heterocycles. The monoisotopic (exact) mass is 463 g/mol. The van der Waals surface area contributed by atoms with Crippen molar-refractivity contribution in [3.05, 3.63) is 84.8 Å². The van der Waals surface area contributed by atoms with Gasteiger partial charge in [0.1, 0.15) is 5.75 Å². The molecule has 2 aromatic heterocycles. The van der Waals surface area contributed by atoms with Crippen LogP contribution in [0.15, 0.2) is 84.1 Å². The molecule has 0 radical (unpaired) electrons. The van der Waals surface area contributed by atoms with E-state index in [9.17, 15) is 22.8 Å². The molecule has 0 unspecified atom stereocenters. The molecule has 1 N–H and O–H groups in total. The minimum atomic E-state index is -4.19. The van der Waals surface area contributed by atoms with Gasteiger partial charge in [-0.2, -0.15) is 0 Å². The van der Waals surface area contributed by atoms with Crippen molar-refractivity contribution in [2.45, 2.75) is 11.8 Å². The van der Waals surface area contributed by atoms with E-state index in [2.05, 4.69) is 10.3 Å². The van der Waals surface area contributed by atoms with E-state index in [0.29, 0.717) is 11.1 Å². The number of amides is 1. The molecular weight excluding hydrogens is 446 g/mol. The SMILES string of the molecule is CC(=O)Oc1cccc(S(=O)(=O)n2cc(C(=O)C(=O)Nc3ccncc3)c3ccccc32)c1. The van der Waals surface area contributed by atoms with Crippen LogP contribution in [0, 0.1) is 0 Å². The molecule has 4 rings (SSSR count). The summed E-state index contributed by atoms with van der Waals surface area (Å²) in [5, 5.41) is 2.77. The maximum atomic E-state index is 13.4. The number of aromatic nitrogens is 2. The number of anilines is 1. The van der Waals surface area contributed by atoms with Crippen LogP contribution in [0.3, 0.4) is 0 Å². The quantitative estimate of drug-likeness (QED) is 0.202. The lowest BCUT2D eigenvalue weighted by molar-refractivity contribution is -0.131. The third-order valence-electron chi connectivity index (χ3n) is 4.69. The van der Waals surface area contributed by atoms with Gasteiger partial charge in [-0.15, -0.1) is 0 Å². The van der Waals surface area contributed by atoms with Gasteiger partial charge in [0.2, 0.25) is 0 Å². The molecule has 2 heterocycles. The Bertz CT molecular complexity index is 1490. The van der Waals surface area contributed by atoms with E-state index in [1.165, 1.54) is 61.8 Å². The number of pyridine rings is 1. The van der Waals surface area contributed by atoms with Crippen molar-refractivity contribution >= 4 is 44.3 Å². The Morgan fingerprint density at radius 3 is 2.42 bits per heavy atom. The number of fused-ring (bicyclic) bond motifs is 1. The summed E-state index contributed by atoms with van der Waals surface area (Å²) in [6.45, 7) is 1.20. The Morgan fingerprint density at radius 1 is 0.970 bits per heavy atom. The first kappa shape index (κ1) is 21.9. The van der Waals surface area contributed by atoms with Crippen molar-refractivity contribution in [3.63, 3.8) is 0 Å². The van der Waals surface area contributed by atoms with Crippen LogP contribution in [0.25, 0.3) is 10.9 Å². The topological polar surface area (TPSA) is 124 Å². The molecule has 166 valence electrons. The van der Waals surface area contributed by atoms with Crippen molar-refractivity contribution in [1.29, 1.82) is 0 Å². The summed E-state index contributed by atoms with van der Waals surface area (Å²) in [6.07, 6.45) is 4.04. The largest absolute Gasteiger partial charge is 0.427 e. The molecule has 0 atom stereocenters. The standard InChI is InChI=1S/C23H17N3O6S/c1-15(27)32-17-5-4-6-18(13-17)33(30,31)26-14-20(19-7-2-3-8-21(19)26)22(28)23(29)25-16-9-11-24-12-10-16/h2-14H,1H3,(H,24,25,29). The van der Waals surface area contributed by atoms with Crippen LogP contribution in [-0.4, -0.2) is 35.0 Å². The zero-order valence-corrected chi connectivity index (χ0v) is 18.1. The van der Waals surface area contributed by atoms with Gasteiger partial charge in [-0.1, -0.05) is 24.3 Å². The third-order valence-corrected chi connectivity index (χ3v) is 6.36. The Balaban J connectivity index is 1.77. The van der Waals surface area contributed by atoms with Crippen molar-refractivity contribution in [1.82, 2.24) is 8.96 Å². The normalized spacial score (nSPS) is 11.2. The van der Waals surface area contributed by atoms with Crippen molar-refractivity contribution in [3.8, 4) is 5.75 Å². The van der Waals surface area contributed by atoms with Gasteiger partial charge in [0, 0.05) is 42.7 Å². The predicted octanol–water partition coefficient (Wildman–Crippen LogP) is 3.02. The summed E-state index contributed by atoms with van der Waals surface area (Å²) < 4.78 is 32.7. The molecule has 10 heteroatoms. The van der Waals surface area contributed by atoms with E-state index in [-0.39, 0.29) is 21.7 Å². The maximum absolute atomic E-state index is 13.4. The van der Waals surface area contributed by atoms with Gasteiger partial charge in [0.25, 0.3) is 21.7 Å². The molecule has 0 bridgehead atoms. The van der Waals surface area contributed by atoms with Gasteiger partial charge >= 0.3 is 5.97 Å². The molecule has 0 saturated carbocycles. The highest BCUT2D eigenvalue weighted by Gasteiger charge is 2.27. The summed E-state index contributed by atoms with van der Waals surface area (Å²) in [4.78, 5) is 40.4. The highest BCUT2D eigenvalue weighted by atomic mass is 32.2. The molecule has 0 aliphatic heterocycles. The lowest BCUT2D eigenvalue weighted by Gasteiger charge is -2.09. The molecule has 33 heavy (non-hydrogen) atoms. The summed E-state index contributed by atoms with van der Waals surface area (Å²) in [6, 6.07) is 14.8. The fraction of sp³-hybridized carbons (Fsp3) is 0.0435. The van der Waals surface area contributed by atoms with Crippen LogP contribution in [0.5, 0.6) is 5.75 Å². The van der Waals surface area contributed by atoms with Crippen molar-refractivity contribution < 1.29 is 27.5 Å². The molecule has 2 aromatic carbocycles. The first-order chi connectivity index (χ1) is 15.8. The van der Waals surface area contributed by atoms with Gasteiger partial charge in [0.05, 0.1) is 16.0 Å². The number of nitrogens with zero attached hydrogens (tertiary/aromatic N) is 2. The van der Waals surface area contributed by atoms with Gasteiger partial charge < -0.3 is 10.1 Å². The molecule has 1 amide bonds. The molecule has 0 aliphatic rings. The Morgan fingerprint density at radius 2 is 1.70 bits per heavy atom. The molecule has 9 nitrogen and oxygen atoms in total. The van der Waals surface area contributed by atoms with Crippen LogP contribution in [-0.2, 0) is 19.6 Å². The minimum absolute atomic E-state index is 0.0630. The van der Waals surface area contributed by atoms with Gasteiger partial charge in [-0.05, 0) is 30.3 Å². The number of esters is 1. The third kappa shape index (κ3) is 4.37. The first-order valence-electron chi connectivity index (χ1n) is 9.67. The summed E-state index contributed by atoms with van der Waals surface area (Å²) in [5.41, 5.74) is 0.523. The van der Waals surface area contributed by atoms with Crippen LogP contribution < -0.4 is 10.1 Å². The van der Waals surface area contributed by atoms with Crippen LogP contribution in [0.4, 0.5) is 5.69 Å². The van der Waals surface area contributed by atoms with Gasteiger partial charge in [-0.25, -0.2) is 12.4 Å². The van der Waals surface area contributed by atoms with Gasteiger partial charge in [-0.3, -0.25) is 19.4 Å². The van der Waals surface area contributed by atoms with E-state index in [0.717, 1.165) is 10.2 Å². The summed E-state index contributed by atoms with van der Waals surface area (Å²) >= 11 is 0. The molecular formula is C23H17N3O6S. The van der Waals surface area contributed by atoms with Gasteiger partial charge in [0.15, 0.2) is 0 Å². The van der Waals surface area contributed by atoms with E-state index in [1.807, 2.05) is 0 Å². The molecule has 0 aliphatic carbocycles. The lowest BCUT2D eigenvalue weighted by Crippen LogP contribution is -2.22. The zero-order chi connectivity index (χ0) is 23.6. The highest BCUT2D eigenvalue weighted by molar-refractivity contribution is 7.90. The number of Topliss-reactive ketones (excluding diaryl/α,β-unsaturated/α-hetero) is 1. The molecule has 4 aromatic rings. The van der Waals surface area contributed by atoms with Crippen LogP contribution in [0.2, 0.25) is 0 Å². The summed E-state index contributed by atoms with van der Waals surface area (Å²) in [5.74, 6) is -2.35. The average Bonchev–Trinajstić information content (AvgIpc) is 3.19. The number of benzene rings is 2. The van der Waals surface area contributed by atoms with E-state index in [1.54, 1.807) is 18.2 Å². The predicted molar refractivity (Wildman–Crippen MR) is 119 cm³/mol. The Kier molecular flexibility index (Phi) is 5.76. The fourth-order valence-corrected chi connectivity index (χ4v) is 4.66. The van der Waals surface area contributed by atoms with E-state index in [4.69, 9.17) is 4.74 Å². The lowest BCUT2D eigenvalue weighted by atomic mass is 10.1. The van der Waals surface area contributed by atoms with Crippen LogP contribution >= 0.6 is 0 Å². The number of ether oxygens (including phenoxy) is 1. The minimum Gasteiger partial charge on any atom is -0.427 e. The second kappa shape index (κ2) is 8.67. The van der Waals surface area contributed by atoms with E-state index < -0.39 is 27.7 Å². The zero-order valence-electron chi connectivity index (χ0n) is 17.3. The van der Waals surface area contributed by atoms with Crippen molar-refractivity contribution in [2.75, 3.05) is 5.32 Å². The Labute approximate surface area is 188 Å². The fourth-order valence-electron chi connectivity index (χ4n) is 3.25. The Hall–Kier alpha value is -4.31.